The van der Waals surface area contributed by atoms with Crippen LogP contribution in [0.5, 0.6) is 11.5 Å². The number of unbranched alkanes of at least 4 members (excludes halogenated alkanes) is 1. The van der Waals surface area contributed by atoms with Crippen LogP contribution in [0.3, 0.4) is 0 Å². The molecule has 3 N–H and O–H groups in total. The van der Waals surface area contributed by atoms with Gasteiger partial charge in [-0.05, 0) is 24.1 Å². The molecule has 150 valence electrons. The highest BCUT2D eigenvalue weighted by Gasteiger charge is 2.22. The van der Waals surface area contributed by atoms with Gasteiger partial charge < -0.3 is 25.4 Å². The minimum atomic E-state index is 0.313. The van der Waals surface area contributed by atoms with Gasteiger partial charge in [0.15, 0.2) is 23.1 Å². The lowest BCUT2D eigenvalue weighted by atomic mass is 10.1. The van der Waals surface area contributed by atoms with E-state index in [0.717, 1.165) is 75.2 Å². The van der Waals surface area contributed by atoms with E-state index in [9.17, 15) is 0 Å². The number of nitrogens with two attached hydrogens (primary N) is 1. The van der Waals surface area contributed by atoms with E-state index in [4.69, 9.17) is 15.2 Å². The zero-order chi connectivity index (χ0) is 19.3. The molecule has 8 nitrogen and oxygen atoms in total. The number of nitrogens with one attached hydrogen (secondary N) is 1. The normalized spacial score (nSPS) is 16.4. The fraction of sp³-hybridized carbons (Fsp3) is 0.500. The van der Waals surface area contributed by atoms with Gasteiger partial charge in [-0.1, -0.05) is 19.4 Å². The van der Waals surface area contributed by atoms with Gasteiger partial charge in [0, 0.05) is 39.3 Å². The Labute approximate surface area is 165 Å². The standard InChI is InChI=1S/C20H28N6O2/c1-2-3-6-22-19-18(21)20(24-13-23-19)26-9-7-25(8-10-26)12-15-4-5-16-17(11-15)28-14-27-16/h4-5,11,13H,2-3,6-10,12,14,21H2,1H3,(H,22,23,24). The maximum absolute atomic E-state index is 6.34. The van der Waals surface area contributed by atoms with Gasteiger partial charge >= 0.3 is 0 Å². The van der Waals surface area contributed by atoms with Gasteiger partial charge in [0.25, 0.3) is 0 Å². The molecule has 2 aromatic rings. The number of hydrogen-bond donors (Lipinski definition) is 2. The number of rotatable bonds is 7. The minimum absolute atomic E-state index is 0.313. The van der Waals surface area contributed by atoms with Crippen molar-refractivity contribution in [1.82, 2.24) is 14.9 Å². The smallest absolute Gasteiger partial charge is 0.231 e. The van der Waals surface area contributed by atoms with Gasteiger partial charge in [-0.25, -0.2) is 9.97 Å². The van der Waals surface area contributed by atoms with E-state index in [0.29, 0.717) is 12.5 Å². The molecule has 2 aliphatic rings. The summed E-state index contributed by atoms with van der Waals surface area (Å²) in [6, 6.07) is 6.17. The van der Waals surface area contributed by atoms with Crippen molar-refractivity contribution in [2.45, 2.75) is 26.3 Å². The summed E-state index contributed by atoms with van der Waals surface area (Å²) in [6.45, 7) is 7.94. The molecule has 1 aromatic carbocycles. The van der Waals surface area contributed by atoms with Crippen LogP contribution in [-0.4, -0.2) is 54.4 Å². The first-order chi connectivity index (χ1) is 13.7. The third kappa shape index (κ3) is 4.06. The Kier molecular flexibility index (Phi) is 5.66. The maximum atomic E-state index is 6.34. The lowest BCUT2D eigenvalue weighted by molar-refractivity contribution is 0.174. The molecule has 0 saturated carbocycles. The number of hydrogen-bond acceptors (Lipinski definition) is 8. The van der Waals surface area contributed by atoms with Crippen LogP contribution in [0.2, 0.25) is 0 Å². The van der Waals surface area contributed by atoms with E-state index in [1.807, 2.05) is 6.07 Å². The number of nitrogens with zero attached hydrogens (tertiary/aromatic N) is 4. The molecule has 0 unspecified atom stereocenters. The fourth-order valence-electron chi connectivity index (χ4n) is 3.58. The highest BCUT2D eigenvalue weighted by Crippen LogP contribution is 2.33. The summed E-state index contributed by atoms with van der Waals surface area (Å²) in [5.41, 5.74) is 8.22. The second-order valence-electron chi connectivity index (χ2n) is 7.19. The minimum Gasteiger partial charge on any atom is -0.454 e. The molecule has 4 rings (SSSR count). The van der Waals surface area contributed by atoms with Crippen LogP contribution in [0.1, 0.15) is 25.3 Å². The predicted octanol–water partition coefficient (Wildman–Crippen LogP) is 2.32. The van der Waals surface area contributed by atoms with Crippen molar-refractivity contribution in [2.75, 3.05) is 55.5 Å². The van der Waals surface area contributed by atoms with Gasteiger partial charge in [-0.3, -0.25) is 4.90 Å². The molecule has 0 spiro atoms. The topological polar surface area (TPSA) is 88.8 Å². The zero-order valence-corrected chi connectivity index (χ0v) is 16.4. The molecular weight excluding hydrogens is 356 g/mol. The van der Waals surface area contributed by atoms with Gasteiger partial charge in [0.1, 0.15) is 12.0 Å². The molecule has 1 fully saturated rings. The van der Waals surface area contributed by atoms with Crippen LogP contribution < -0.4 is 25.4 Å². The number of aromatic nitrogens is 2. The first kappa shape index (κ1) is 18.6. The van der Waals surface area contributed by atoms with Crippen molar-refractivity contribution < 1.29 is 9.47 Å². The SMILES string of the molecule is CCCCNc1ncnc(N2CCN(Cc3ccc4c(c3)OCO4)CC2)c1N. The predicted molar refractivity (Wildman–Crippen MR) is 110 cm³/mol. The highest BCUT2D eigenvalue weighted by molar-refractivity contribution is 5.75. The van der Waals surface area contributed by atoms with Crippen LogP contribution in [0, 0.1) is 0 Å². The van der Waals surface area contributed by atoms with Crippen LogP contribution in [0.15, 0.2) is 24.5 Å². The van der Waals surface area contributed by atoms with Gasteiger partial charge in [0.2, 0.25) is 6.79 Å². The van der Waals surface area contributed by atoms with Crippen molar-refractivity contribution in [3.05, 3.63) is 30.1 Å². The number of fused-ring (bicyclic) bond motifs is 1. The second-order valence-corrected chi connectivity index (χ2v) is 7.19. The molecule has 28 heavy (non-hydrogen) atoms. The number of ether oxygens (including phenoxy) is 2. The summed E-state index contributed by atoms with van der Waals surface area (Å²) >= 11 is 0. The van der Waals surface area contributed by atoms with E-state index in [2.05, 4.69) is 44.1 Å². The Balaban J connectivity index is 1.34. The Morgan fingerprint density at radius 3 is 2.75 bits per heavy atom. The van der Waals surface area contributed by atoms with Crippen LogP contribution >= 0.6 is 0 Å². The molecule has 0 radical (unpaired) electrons. The van der Waals surface area contributed by atoms with E-state index in [1.165, 1.54) is 5.56 Å². The Morgan fingerprint density at radius 2 is 1.93 bits per heavy atom. The summed E-state index contributed by atoms with van der Waals surface area (Å²) < 4.78 is 10.9. The Bertz CT molecular complexity index is 807. The largest absolute Gasteiger partial charge is 0.454 e. The third-order valence-corrected chi connectivity index (χ3v) is 5.20. The quantitative estimate of drug-likeness (QED) is 0.703. The molecule has 3 heterocycles. The third-order valence-electron chi connectivity index (χ3n) is 5.20. The first-order valence-electron chi connectivity index (χ1n) is 9.94. The Hall–Kier alpha value is -2.74. The van der Waals surface area contributed by atoms with Crippen LogP contribution in [0.4, 0.5) is 17.3 Å². The molecule has 1 saturated heterocycles. The molecule has 0 bridgehead atoms. The van der Waals surface area contributed by atoms with Crippen molar-refractivity contribution >= 4 is 17.3 Å². The van der Waals surface area contributed by atoms with Gasteiger partial charge in [0.05, 0.1) is 0 Å². The van der Waals surface area contributed by atoms with E-state index < -0.39 is 0 Å². The highest BCUT2D eigenvalue weighted by atomic mass is 16.7. The molecule has 0 amide bonds. The Morgan fingerprint density at radius 1 is 1.11 bits per heavy atom. The summed E-state index contributed by atoms with van der Waals surface area (Å²) in [4.78, 5) is 13.4. The van der Waals surface area contributed by atoms with Gasteiger partial charge in [-0.15, -0.1) is 0 Å². The van der Waals surface area contributed by atoms with E-state index in [-0.39, 0.29) is 0 Å². The van der Waals surface area contributed by atoms with Crippen molar-refractivity contribution in [3.8, 4) is 11.5 Å². The average Bonchev–Trinajstić information content (AvgIpc) is 3.18. The number of nitrogen functional groups attached to an aromatic ring is 1. The van der Waals surface area contributed by atoms with Crippen molar-refractivity contribution in [1.29, 1.82) is 0 Å². The summed E-state index contributed by atoms with van der Waals surface area (Å²) in [6.07, 6.45) is 3.83. The van der Waals surface area contributed by atoms with Crippen LogP contribution in [0.25, 0.3) is 0 Å². The fourth-order valence-corrected chi connectivity index (χ4v) is 3.58. The number of benzene rings is 1. The molecule has 0 atom stereocenters. The molecule has 2 aliphatic heterocycles. The average molecular weight is 384 g/mol. The molecule has 0 aliphatic carbocycles. The summed E-state index contributed by atoms with van der Waals surface area (Å²) in [5.74, 6) is 3.24. The number of anilines is 3. The molecule has 8 heteroatoms. The summed E-state index contributed by atoms with van der Waals surface area (Å²) in [7, 11) is 0. The molecular formula is C20H28N6O2. The monoisotopic (exact) mass is 384 g/mol. The van der Waals surface area contributed by atoms with Gasteiger partial charge in [-0.2, -0.15) is 0 Å². The molecule has 1 aromatic heterocycles. The van der Waals surface area contributed by atoms with Crippen LogP contribution in [-0.2, 0) is 6.54 Å². The lowest BCUT2D eigenvalue weighted by Gasteiger charge is -2.36. The van der Waals surface area contributed by atoms with E-state index in [1.54, 1.807) is 6.33 Å². The zero-order valence-electron chi connectivity index (χ0n) is 16.4. The second kappa shape index (κ2) is 8.52. The number of piperazine rings is 1. The summed E-state index contributed by atoms with van der Waals surface area (Å²) in [5, 5.41) is 3.32. The lowest BCUT2D eigenvalue weighted by Crippen LogP contribution is -2.46. The van der Waals surface area contributed by atoms with Crippen molar-refractivity contribution in [2.24, 2.45) is 0 Å². The maximum Gasteiger partial charge on any atom is 0.231 e. The van der Waals surface area contributed by atoms with Crippen molar-refractivity contribution in [3.63, 3.8) is 0 Å². The van der Waals surface area contributed by atoms with E-state index >= 15 is 0 Å². The first-order valence-corrected chi connectivity index (χ1v) is 9.94.